The number of fused-ring (bicyclic) bond motifs is 2. The molecule has 2 heteroatoms. The second-order valence-corrected chi connectivity index (χ2v) is 7.11. The van der Waals surface area contributed by atoms with Crippen molar-refractivity contribution in [3.05, 3.63) is 113 Å². The van der Waals surface area contributed by atoms with Crippen molar-refractivity contribution in [1.82, 2.24) is 5.32 Å². The molecule has 1 atom stereocenters. The number of nitrogens with one attached hydrogen (secondary N) is 1. The molecule has 0 aliphatic heterocycles. The Morgan fingerprint density at radius 2 is 1.41 bits per heavy atom. The zero-order chi connectivity index (χ0) is 18.6. The Labute approximate surface area is 160 Å². The summed E-state index contributed by atoms with van der Waals surface area (Å²) in [5, 5.41) is 3.55. The Bertz CT molecular complexity index is 907. The minimum Gasteiger partial charge on any atom is -0.307 e. The maximum Gasteiger partial charge on any atom is 0.123 e. The summed E-state index contributed by atoms with van der Waals surface area (Å²) in [6, 6.07) is 24.3. The predicted molar refractivity (Wildman–Crippen MR) is 110 cm³/mol. The molecule has 27 heavy (non-hydrogen) atoms. The lowest BCUT2D eigenvalue weighted by Crippen LogP contribution is -2.18. The first-order chi connectivity index (χ1) is 13.2. The van der Waals surface area contributed by atoms with Gasteiger partial charge in [0.25, 0.3) is 0 Å². The first kappa shape index (κ1) is 17.7. The fourth-order valence-corrected chi connectivity index (χ4v) is 3.84. The van der Waals surface area contributed by atoms with E-state index in [1.54, 1.807) is 0 Å². The van der Waals surface area contributed by atoms with Crippen molar-refractivity contribution in [3.63, 3.8) is 0 Å². The average molecular weight is 357 g/mol. The van der Waals surface area contributed by atoms with Crippen LogP contribution in [0.25, 0.3) is 5.57 Å². The molecule has 0 spiro atoms. The van der Waals surface area contributed by atoms with Crippen molar-refractivity contribution >= 4 is 5.57 Å². The van der Waals surface area contributed by atoms with E-state index in [1.807, 2.05) is 12.1 Å². The summed E-state index contributed by atoms with van der Waals surface area (Å²) in [6.07, 6.45) is 4.44. The number of hydrogen-bond acceptors (Lipinski definition) is 1. The third-order valence-electron chi connectivity index (χ3n) is 5.38. The molecule has 3 aromatic rings. The molecule has 0 fully saturated rings. The highest BCUT2D eigenvalue weighted by atomic mass is 19.1. The van der Waals surface area contributed by atoms with Gasteiger partial charge in [0.15, 0.2) is 0 Å². The van der Waals surface area contributed by atoms with Gasteiger partial charge in [-0.15, -0.1) is 0 Å². The number of hydrogen-bond donors (Lipinski definition) is 1. The van der Waals surface area contributed by atoms with Crippen LogP contribution in [-0.4, -0.2) is 6.54 Å². The molecule has 4 rings (SSSR count). The Balaban J connectivity index is 1.61. The van der Waals surface area contributed by atoms with Crippen molar-refractivity contribution in [1.29, 1.82) is 0 Å². The molecule has 0 unspecified atom stereocenters. The summed E-state index contributed by atoms with van der Waals surface area (Å²) in [6.45, 7) is 2.87. The minimum absolute atomic E-state index is 0.165. The van der Waals surface area contributed by atoms with Gasteiger partial charge in [0.2, 0.25) is 0 Å². The number of rotatable bonds is 4. The van der Waals surface area contributed by atoms with Crippen LogP contribution >= 0.6 is 0 Å². The van der Waals surface area contributed by atoms with Crippen LogP contribution in [0.5, 0.6) is 0 Å². The van der Waals surface area contributed by atoms with E-state index in [-0.39, 0.29) is 11.9 Å². The van der Waals surface area contributed by atoms with Gasteiger partial charge in [-0.25, -0.2) is 4.39 Å². The molecule has 1 aliphatic carbocycles. The molecular weight excluding hydrogens is 333 g/mol. The van der Waals surface area contributed by atoms with Crippen LogP contribution < -0.4 is 5.32 Å². The van der Waals surface area contributed by atoms with Gasteiger partial charge in [0, 0.05) is 12.6 Å². The SMILES string of the molecule is C[C@@H](NCC=C1c2ccccc2CCc2ccccc21)c1ccc(F)cc1. The average Bonchev–Trinajstić information content (AvgIpc) is 2.86. The van der Waals surface area contributed by atoms with Crippen LogP contribution in [0.15, 0.2) is 78.9 Å². The van der Waals surface area contributed by atoms with E-state index >= 15 is 0 Å². The van der Waals surface area contributed by atoms with E-state index in [0.29, 0.717) is 0 Å². The second kappa shape index (κ2) is 7.89. The lowest BCUT2D eigenvalue weighted by molar-refractivity contribution is 0.606. The quantitative estimate of drug-likeness (QED) is 0.631. The summed E-state index contributed by atoms with van der Waals surface area (Å²) < 4.78 is 13.1. The summed E-state index contributed by atoms with van der Waals surface area (Å²) in [7, 11) is 0. The van der Waals surface area contributed by atoms with Gasteiger partial charge >= 0.3 is 0 Å². The Morgan fingerprint density at radius 3 is 2.00 bits per heavy atom. The van der Waals surface area contributed by atoms with Crippen LogP contribution in [0.2, 0.25) is 0 Å². The van der Waals surface area contributed by atoms with Crippen LogP contribution in [0, 0.1) is 5.82 Å². The van der Waals surface area contributed by atoms with Crippen molar-refractivity contribution in [2.24, 2.45) is 0 Å². The Kier molecular flexibility index (Phi) is 5.17. The molecule has 3 aromatic carbocycles. The smallest absolute Gasteiger partial charge is 0.123 e. The van der Waals surface area contributed by atoms with Crippen LogP contribution in [0.3, 0.4) is 0 Å². The van der Waals surface area contributed by atoms with E-state index < -0.39 is 0 Å². The van der Waals surface area contributed by atoms with Gasteiger partial charge in [-0.05, 0) is 65.3 Å². The van der Waals surface area contributed by atoms with Crippen LogP contribution in [0.1, 0.15) is 40.8 Å². The molecule has 0 bridgehead atoms. The molecule has 0 aromatic heterocycles. The van der Waals surface area contributed by atoms with Crippen molar-refractivity contribution in [2.75, 3.05) is 6.54 Å². The van der Waals surface area contributed by atoms with Gasteiger partial charge in [-0.1, -0.05) is 66.7 Å². The fraction of sp³-hybridized carbons (Fsp3) is 0.200. The highest BCUT2D eigenvalue weighted by Gasteiger charge is 2.17. The molecule has 0 radical (unpaired) electrons. The molecule has 1 N–H and O–H groups in total. The lowest BCUT2D eigenvalue weighted by Gasteiger charge is -2.15. The van der Waals surface area contributed by atoms with Gasteiger partial charge in [0.1, 0.15) is 5.82 Å². The van der Waals surface area contributed by atoms with E-state index in [1.165, 1.54) is 40.0 Å². The summed E-state index contributed by atoms with van der Waals surface area (Å²) in [4.78, 5) is 0. The highest BCUT2D eigenvalue weighted by Crippen LogP contribution is 2.33. The van der Waals surface area contributed by atoms with Crippen molar-refractivity contribution in [2.45, 2.75) is 25.8 Å². The van der Waals surface area contributed by atoms with Crippen molar-refractivity contribution in [3.8, 4) is 0 Å². The fourth-order valence-electron chi connectivity index (χ4n) is 3.84. The molecule has 0 saturated carbocycles. The zero-order valence-electron chi connectivity index (χ0n) is 15.6. The van der Waals surface area contributed by atoms with Gasteiger partial charge in [0.05, 0.1) is 0 Å². The predicted octanol–water partition coefficient (Wildman–Crippen LogP) is 5.71. The summed E-state index contributed by atoms with van der Waals surface area (Å²) in [5.41, 5.74) is 7.88. The lowest BCUT2D eigenvalue weighted by atomic mass is 9.94. The third kappa shape index (κ3) is 3.86. The van der Waals surface area contributed by atoms with Gasteiger partial charge < -0.3 is 5.32 Å². The Hall–Kier alpha value is -2.71. The topological polar surface area (TPSA) is 12.0 Å². The zero-order valence-corrected chi connectivity index (χ0v) is 15.6. The maximum atomic E-state index is 13.1. The molecule has 1 nitrogen and oxygen atoms in total. The minimum atomic E-state index is -0.195. The van der Waals surface area contributed by atoms with Gasteiger partial charge in [-0.2, -0.15) is 0 Å². The molecule has 0 saturated heterocycles. The van der Waals surface area contributed by atoms with E-state index in [9.17, 15) is 4.39 Å². The van der Waals surface area contributed by atoms with Crippen LogP contribution in [-0.2, 0) is 12.8 Å². The van der Waals surface area contributed by atoms with Gasteiger partial charge in [-0.3, -0.25) is 0 Å². The molecule has 0 amide bonds. The normalized spacial score (nSPS) is 14.1. The van der Waals surface area contributed by atoms with E-state index in [4.69, 9.17) is 0 Å². The highest BCUT2D eigenvalue weighted by molar-refractivity contribution is 5.84. The first-order valence-electron chi connectivity index (χ1n) is 9.58. The number of aryl methyl sites for hydroxylation is 2. The second-order valence-electron chi connectivity index (χ2n) is 7.11. The molecule has 0 heterocycles. The first-order valence-corrected chi connectivity index (χ1v) is 9.58. The Morgan fingerprint density at radius 1 is 0.852 bits per heavy atom. The number of benzene rings is 3. The van der Waals surface area contributed by atoms with Crippen LogP contribution in [0.4, 0.5) is 4.39 Å². The summed E-state index contributed by atoms with van der Waals surface area (Å²) >= 11 is 0. The third-order valence-corrected chi connectivity index (χ3v) is 5.38. The monoisotopic (exact) mass is 357 g/mol. The van der Waals surface area contributed by atoms with Crippen molar-refractivity contribution < 1.29 is 4.39 Å². The summed E-state index contributed by atoms with van der Waals surface area (Å²) in [5.74, 6) is -0.195. The standard InChI is InChI=1S/C25H24FN/c1-18(19-12-14-22(26)15-13-19)27-17-16-25-23-8-4-2-6-20(23)10-11-21-7-3-5-9-24(21)25/h2-9,12-16,18,27H,10-11,17H2,1H3/t18-/m1/s1. The molecule has 1 aliphatic rings. The largest absolute Gasteiger partial charge is 0.307 e. The number of halogens is 1. The molecule has 136 valence electrons. The van der Waals surface area contributed by atoms with E-state index in [2.05, 4.69) is 66.8 Å². The van der Waals surface area contributed by atoms with E-state index in [0.717, 1.165) is 24.9 Å². The maximum absolute atomic E-state index is 13.1. The molecular formula is C25H24FN.